The van der Waals surface area contributed by atoms with E-state index < -0.39 is 6.43 Å². The van der Waals surface area contributed by atoms with E-state index in [-0.39, 0.29) is 17.5 Å². The molecule has 10 heteroatoms. The molecule has 1 fully saturated rings. The number of hydrogen-bond acceptors (Lipinski definition) is 6. The van der Waals surface area contributed by atoms with Gasteiger partial charge in [-0.05, 0) is 61.4 Å². The maximum absolute atomic E-state index is 14.5. The number of aryl methyl sites for hydroxylation is 1. The fourth-order valence-electron chi connectivity index (χ4n) is 6.31. The molecule has 1 N–H and O–H groups in total. The maximum atomic E-state index is 14.5. The van der Waals surface area contributed by atoms with Crippen molar-refractivity contribution in [2.75, 3.05) is 44.3 Å². The Morgan fingerprint density at radius 2 is 2.03 bits per heavy atom. The fourth-order valence-corrected chi connectivity index (χ4v) is 6.31. The van der Waals surface area contributed by atoms with Gasteiger partial charge in [-0.2, -0.15) is 5.10 Å². The minimum atomic E-state index is -2.59. The lowest BCUT2D eigenvalue weighted by Gasteiger charge is -2.33. The minimum absolute atomic E-state index is 0.0451. The van der Waals surface area contributed by atoms with E-state index in [0.717, 1.165) is 66.9 Å². The van der Waals surface area contributed by atoms with Crippen LogP contribution in [0, 0.1) is 0 Å². The van der Waals surface area contributed by atoms with Gasteiger partial charge in [-0.1, -0.05) is 0 Å². The average molecular weight is 527 g/mol. The number of carbonyl (C=O) groups is 1. The van der Waals surface area contributed by atoms with Crippen LogP contribution in [0.15, 0.2) is 18.3 Å². The predicted molar refractivity (Wildman–Crippen MR) is 141 cm³/mol. The van der Waals surface area contributed by atoms with Gasteiger partial charge in [0.2, 0.25) is 5.91 Å². The lowest BCUT2D eigenvalue weighted by atomic mass is 9.92. The van der Waals surface area contributed by atoms with Gasteiger partial charge in [-0.15, -0.1) is 0 Å². The summed E-state index contributed by atoms with van der Waals surface area (Å²) < 4.78 is 36.7. The standard InChI is InChI=1S/C28H36F2N6O2/c1-3-34-16-20(15-31-34)22-13-19-5-4-9-35(26(19)14-23(22)27(29)30)28-24-17-33(18(2)37)10-6-25(24)36(32-28)21-7-11-38-12-8-21/h13-14,16,21,27,31H,3-12,15,17H2,1-2H3. The summed E-state index contributed by atoms with van der Waals surface area (Å²) in [7, 11) is 0. The van der Waals surface area contributed by atoms with Crippen LogP contribution in [-0.2, 0) is 28.9 Å². The summed E-state index contributed by atoms with van der Waals surface area (Å²) in [6, 6.07) is 3.91. The van der Waals surface area contributed by atoms with E-state index in [2.05, 4.69) is 15.0 Å². The number of rotatable bonds is 5. The van der Waals surface area contributed by atoms with Crippen LogP contribution in [0.2, 0.25) is 0 Å². The Morgan fingerprint density at radius 1 is 1.21 bits per heavy atom. The van der Waals surface area contributed by atoms with Gasteiger partial charge in [0.15, 0.2) is 5.82 Å². The summed E-state index contributed by atoms with van der Waals surface area (Å²) in [6.45, 7) is 8.24. The first-order chi connectivity index (χ1) is 18.4. The third-order valence-corrected chi connectivity index (χ3v) is 8.38. The van der Waals surface area contributed by atoms with Crippen LogP contribution in [0.25, 0.3) is 5.57 Å². The molecular weight excluding hydrogens is 490 g/mol. The van der Waals surface area contributed by atoms with Crippen LogP contribution >= 0.6 is 0 Å². The highest BCUT2D eigenvalue weighted by Crippen LogP contribution is 2.43. The number of nitrogens with zero attached hydrogens (tertiary/aromatic N) is 5. The number of benzene rings is 1. The lowest BCUT2D eigenvalue weighted by molar-refractivity contribution is -0.129. The molecule has 4 aliphatic heterocycles. The van der Waals surface area contributed by atoms with Crippen LogP contribution in [0.3, 0.4) is 0 Å². The number of aromatic nitrogens is 2. The molecule has 204 valence electrons. The van der Waals surface area contributed by atoms with Crippen molar-refractivity contribution in [3.63, 3.8) is 0 Å². The first kappa shape index (κ1) is 25.3. The Hall–Kier alpha value is -2.98. The van der Waals surface area contributed by atoms with Crippen molar-refractivity contribution in [2.24, 2.45) is 0 Å². The molecule has 4 aliphatic rings. The zero-order chi connectivity index (χ0) is 26.4. The molecule has 5 heterocycles. The van der Waals surface area contributed by atoms with Crippen molar-refractivity contribution in [3.8, 4) is 0 Å². The second kappa shape index (κ2) is 10.3. The number of halogens is 2. The quantitative estimate of drug-likeness (QED) is 0.625. The van der Waals surface area contributed by atoms with E-state index in [0.29, 0.717) is 45.0 Å². The molecule has 0 saturated carbocycles. The van der Waals surface area contributed by atoms with Crippen molar-refractivity contribution in [3.05, 3.63) is 46.3 Å². The summed E-state index contributed by atoms with van der Waals surface area (Å²) in [5.74, 6) is 0.855. The van der Waals surface area contributed by atoms with E-state index in [1.807, 2.05) is 29.1 Å². The second-order valence-electron chi connectivity index (χ2n) is 10.6. The number of carbonyl (C=O) groups excluding carboxylic acids is 1. The number of anilines is 2. The van der Waals surface area contributed by atoms with Crippen molar-refractivity contribution < 1.29 is 18.3 Å². The molecule has 0 radical (unpaired) electrons. The number of nitrogens with one attached hydrogen (secondary N) is 1. The number of hydrogen-bond donors (Lipinski definition) is 1. The zero-order valence-corrected chi connectivity index (χ0v) is 22.2. The average Bonchev–Trinajstić information content (AvgIpc) is 3.57. The van der Waals surface area contributed by atoms with Gasteiger partial charge in [0, 0.05) is 81.4 Å². The van der Waals surface area contributed by atoms with Gasteiger partial charge in [-0.25, -0.2) is 14.2 Å². The number of amides is 1. The molecule has 2 aromatic rings. The molecule has 0 bridgehead atoms. The van der Waals surface area contributed by atoms with Gasteiger partial charge in [0.1, 0.15) is 0 Å². The van der Waals surface area contributed by atoms with Gasteiger partial charge >= 0.3 is 0 Å². The normalized spacial score (nSPS) is 20.1. The molecule has 0 spiro atoms. The van der Waals surface area contributed by atoms with Crippen molar-refractivity contribution in [2.45, 2.75) is 65.0 Å². The summed E-state index contributed by atoms with van der Waals surface area (Å²) in [4.78, 5) is 16.3. The highest BCUT2D eigenvalue weighted by atomic mass is 19.3. The molecule has 1 aromatic carbocycles. The van der Waals surface area contributed by atoms with Crippen molar-refractivity contribution in [1.82, 2.24) is 25.1 Å². The molecular formula is C28H36F2N6O2. The van der Waals surface area contributed by atoms with E-state index in [9.17, 15) is 13.6 Å². The number of fused-ring (bicyclic) bond motifs is 2. The SMILES string of the molecule is CCN1C=C(c2cc3c(cc2C(F)F)N(c2nn(C4CCOCC4)c4c2CN(C(C)=O)CC4)CCC3)CN1. The van der Waals surface area contributed by atoms with Crippen molar-refractivity contribution >= 4 is 23.0 Å². The Kier molecular flexibility index (Phi) is 6.86. The highest BCUT2D eigenvalue weighted by molar-refractivity contribution is 5.78. The molecule has 6 rings (SSSR count). The lowest BCUT2D eigenvalue weighted by Crippen LogP contribution is -2.36. The molecule has 0 aliphatic carbocycles. The molecule has 38 heavy (non-hydrogen) atoms. The molecule has 8 nitrogen and oxygen atoms in total. The summed E-state index contributed by atoms with van der Waals surface area (Å²) in [5, 5.41) is 7.10. The third kappa shape index (κ3) is 4.47. The smallest absolute Gasteiger partial charge is 0.264 e. The van der Waals surface area contributed by atoms with E-state index >= 15 is 0 Å². The number of ether oxygens (including phenoxy) is 1. The largest absolute Gasteiger partial charge is 0.381 e. The first-order valence-corrected chi connectivity index (χ1v) is 13.8. The van der Waals surface area contributed by atoms with Crippen LogP contribution in [0.1, 0.15) is 73.5 Å². The highest BCUT2D eigenvalue weighted by Gasteiger charge is 2.34. The summed E-state index contributed by atoms with van der Waals surface area (Å²) in [6.07, 6.45) is 3.65. The molecule has 1 aromatic heterocycles. The van der Waals surface area contributed by atoms with Gasteiger partial charge in [0.25, 0.3) is 6.43 Å². The van der Waals surface area contributed by atoms with Crippen LogP contribution in [0.4, 0.5) is 20.3 Å². The predicted octanol–water partition coefficient (Wildman–Crippen LogP) is 4.34. The van der Waals surface area contributed by atoms with E-state index in [4.69, 9.17) is 9.84 Å². The van der Waals surface area contributed by atoms with E-state index in [1.165, 1.54) is 5.69 Å². The Labute approximate surface area is 222 Å². The Balaban J connectivity index is 1.44. The molecule has 0 unspecified atom stereocenters. The third-order valence-electron chi connectivity index (χ3n) is 8.38. The van der Waals surface area contributed by atoms with Crippen LogP contribution in [0.5, 0.6) is 0 Å². The number of hydrazine groups is 1. The van der Waals surface area contributed by atoms with Crippen LogP contribution < -0.4 is 10.3 Å². The topological polar surface area (TPSA) is 65.9 Å². The minimum Gasteiger partial charge on any atom is -0.381 e. The van der Waals surface area contributed by atoms with Gasteiger partial charge in [-0.3, -0.25) is 9.48 Å². The maximum Gasteiger partial charge on any atom is 0.264 e. The number of alkyl halides is 2. The van der Waals surface area contributed by atoms with Gasteiger partial charge < -0.3 is 19.5 Å². The van der Waals surface area contributed by atoms with Crippen molar-refractivity contribution in [1.29, 1.82) is 0 Å². The second-order valence-corrected chi connectivity index (χ2v) is 10.6. The monoisotopic (exact) mass is 526 g/mol. The van der Waals surface area contributed by atoms with Gasteiger partial charge in [0.05, 0.1) is 12.6 Å². The first-order valence-electron chi connectivity index (χ1n) is 13.8. The zero-order valence-electron chi connectivity index (χ0n) is 22.2. The molecule has 0 atom stereocenters. The molecule has 1 saturated heterocycles. The van der Waals surface area contributed by atoms with Crippen LogP contribution in [-0.4, -0.2) is 65.0 Å². The summed E-state index contributed by atoms with van der Waals surface area (Å²) >= 11 is 0. The fraction of sp³-hybridized carbons (Fsp3) is 0.571. The van der Waals surface area contributed by atoms with E-state index in [1.54, 1.807) is 13.0 Å². The Morgan fingerprint density at radius 3 is 2.74 bits per heavy atom. The Bertz CT molecular complexity index is 1250. The molecule has 1 amide bonds. The summed E-state index contributed by atoms with van der Waals surface area (Å²) in [5.41, 5.74) is 8.93.